The Labute approximate surface area is 115 Å². The normalized spacial score (nSPS) is 10.1. The number of amides is 1. The first-order valence-electron chi connectivity index (χ1n) is 4.89. The molecule has 0 atom stereocenters. The summed E-state index contributed by atoms with van der Waals surface area (Å²) in [6.07, 6.45) is 1.26. The molecule has 1 aromatic carbocycles. The number of H-pyrrole nitrogens is 1. The molecule has 0 unspecified atom stereocenters. The summed E-state index contributed by atoms with van der Waals surface area (Å²) in [5.41, 5.74) is 5.24. The van der Waals surface area contributed by atoms with E-state index in [4.69, 9.17) is 10.5 Å². The van der Waals surface area contributed by atoms with Crippen molar-refractivity contribution in [1.82, 2.24) is 9.97 Å². The van der Waals surface area contributed by atoms with Crippen molar-refractivity contribution in [2.75, 3.05) is 0 Å². The van der Waals surface area contributed by atoms with Crippen LogP contribution in [0.5, 0.6) is 11.6 Å². The van der Waals surface area contributed by atoms with E-state index in [0.717, 1.165) is 0 Å². The molecule has 0 saturated carbocycles. The average molecular weight is 357 g/mol. The number of hydrogen-bond acceptors (Lipinski definition) is 4. The predicted octanol–water partition coefficient (Wildman–Crippen LogP) is 1.27. The molecule has 0 radical (unpaired) electrons. The van der Waals surface area contributed by atoms with Crippen LogP contribution < -0.4 is 16.0 Å². The van der Waals surface area contributed by atoms with Crippen molar-refractivity contribution in [2.24, 2.45) is 5.73 Å². The first-order chi connectivity index (χ1) is 8.58. The lowest BCUT2D eigenvalue weighted by atomic mass is 10.2. The summed E-state index contributed by atoms with van der Waals surface area (Å²) >= 11 is 1.84. The summed E-state index contributed by atoms with van der Waals surface area (Å²) in [5, 5.41) is 0. The van der Waals surface area contributed by atoms with E-state index in [9.17, 15) is 9.59 Å². The van der Waals surface area contributed by atoms with E-state index in [0.29, 0.717) is 14.9 Å². The summed E-state index contributed by atoms with van der Waals surface area (Å²) in [5.74, 6) is 0.174. The number of carbonyl (C=O) groups excluding carboxylic acids is 1. The van der Waals surface area contributed by atoms with Gasteiger partial charge in [0.25, 0.3) is 5.56 Å². The Morgan fingerprint density at radius 3 is 2.61 bits per heavy atom. The van der Waals surface area contributed by atoms with Crippen LogP contribution in [0.4, 0.5) is 0 Å². The first kappa shape index (κ1) is 12.6. The first-order valence-corrected chi connectivity index (χ1v) is 5.96. The molecule has 0 aliphatic rings. The number of halogens is 1. The summed E-state index contributed by atoms with van der Waals surface area (Å²) in [4.78, 5) is 28.6. The number of primary amides is 1. The van der Waals surface area contributed by atoms with Gasteiger partial charge >= 0.3 is 0 Å². The number of nitrogens with zero attached hydrogens (tertiary/aromatic N) is 1. The molecule has 18 heavy (non-hydrogen) atoms. The van der Waals surface area contributed by atoms with Gasteiger partial charge in [-0.3, -0.25) is 9.59 Å². The number of benzene rings is 1. The molecule has 1 heterocycles. The van der Waals surface area contributed by atoms with E-state index in [1.165, 1.54) is 18.5 Å². The van der Waals surface area contributed by atoms with Crippen LogP contribution >= 0.6 is 22.6 Å². The molecule has 6 nitrogen and oxygen atoms in total. The van der Waals surface area contributed by atoms with Crippen molar-refractivity contribution >= 4 is 28.5 Å². The summed E-state index contributed by atoms with van der Waals surface area (Å²) in [7, 11) is 0. The van der Waals surface area contributed by atoms with E-state index in [-0.39, 0.29) is 11.4 Å². The number of nitrogens with one attached hydrogen (secondary N) is 1. The zero-order chi connectivity index (χ0) is 13.1. The highest BCUT2D eigenvalue weighted by molar-refractivity contribution is 14.1. The van der Waals surface area contributed by atoms with Gasteiger partial charge in [-0.15, -0.1) is 0 Å². The Morgan fingerprint density at radius 1 is 1.33 bits per heavy atom. The molecule has 0 bridgehead atoms. The number of hydrogen-bond donors (Lipinski definition) is 2. The highest BCUT2D eigenvalue weighted by Crippen LogP contribution is 2.21. The number of ether oxygens (including phenoxy) is 1. The van der Waals surface area contributed by atoms with Crippen molar-refractivity contribution in [3.63, 3.8) is 0 Å². The quantitative estimate of drug-likeness (QED) is 0.809. The molecule has 2 aromatic rings. The van der Waals surface area contributed by atoms with Crippen molar-refractivity contribution in [2.45, 2.75) is 0 Å². The van der Waals surface area contributed by atoms with Crippen LogP contribution in [0, 0.1) is 3.57 Å². The van der Waals surface area contributed by atoms with Gasteiger partial charge in [-0.05, 0) is 46.9 Å². The van der Waals surface area contributed by atoms with Gasteiger partial charge in [0.1, 0.15) is 9.32 Å². The fraction of sp³-hybridized carbons (Fsp3) is 0. The maximum Gasteiger partial charge on any atom is 0.268 e. The zero-order valence-corrected chi connectivity index (χ0v) is 11.2. The second kappa shape index (κ2) is 5.17. The SMILES string of the molecule is NC(=O)c1ccc(Oc2nc[nH]c(=O)c2I)cc1. The molecule has 0 aliphatic heterocycles. The smallest absolute Gasteiger partial charge is 0.268 e. The highest BCUT2D eigenvalue weighted by Gasteiger charge is 2.08. The lowest BCUT2D eigenvalue weighted by Gasteiger charge is -2.05. The van der Waals surface area contributed by atoms with Crippen LogP contribution in [-0.4, -0.2) is 15.9 Å². The minimum absolute atomic E-state index is 0.214. The number of nitrogens with two attached hydrogens (primary N) is 1. The van der Waals surface area contributed by atoms with E-state index in [1.807, 2.05) is 22.6 Å². The third kappa shape index (κ3) is 2.67. The lowest BCUT2D eigenvalue weighted by molar-refractivity contribution is 0.100. The van der Waals surface area contributed by atoms with Crippen LogP contribution in [0.2, 0.25) is 0 Å². The lowest BCUT2D eigenvalue weighted by Crippen LogP contribution is -2.11. The van der Waals surface area contributed by atoms with Crippen LogP contribution in [0.1, 0.15) is 10.4 Å². The maximum absolute atomic E-state index is 11.3. The molecule has 0 fully saturated rings. The molecular weight excluding hydrogens is 349 g/mol. The van der Waals surface area contributed by atoms with Crippen LogP contribution in [-0.2, 0) is 0 Å². The number of aromatic amines is 1. The largest absolute Gasteiger partial charge is 0.438 e. The van der Waals surface area contributed by atoms with E-state index in [1.54, 1.807) is 12.1 Å². The Bertz CT molecular complexity index is 637. The minimum atomic E-state index is -0.509. The maximum atomic E-state index is 11.3. The molecule has 1 aromatic heterocycles. The fourth-order valence-corrected chi connectivity index (χ4v) is 1.64. The van der Waals surface area contributed by atoms with Crippen molar-refractivity contribution < 1.29 is 9.53 Å². The third-order valence-electron chi connectivity index (χ3n) is 2.12. The molecule has 7 heteroatoms. The minimum Gasteiger partial charge on any atom is -0.438 e. The number of aromatic nitrogens is 2. The molecule has 0 saturated heterocycles. The van der Waals surface area contributed by atoms with Gasteiger partial charge in [-0.1, -0.05) is 0 Å². The van der Waals surface area contributed by atoms with Gasteiger partial charge in [0.2, 0.25) is 11.8 Å². The van der Waals surface area contributed by atoms with Crippen LogP contribution in [0.25, 0.3) is 0 Å². The van der Waals surface area contributed by atoms with Gasteiger partial charge in [0.05, 0.1) is 6.33 Å². The molecular formula is C11H8IN3O3. The Kier molecular flexibility index (Phi) is 3.60. The van der Waals surface area contributed by atoms with Crippen LogP contribution in [0.3, 0.4) is 0 Å². The van der Waals surface area contributed by atoms with Gasteiger partial charge < -0.3 is 15.5 Å². The van der Waals surface area contributed by atoms with Gasteiger partial charge in [-0.2, -0.15) is 0 Å². The van der Waals surface area contributed by atoms with Crippen LogP contribution in [0.15, 0.2) is 35.4 Å². The predicted molar refractivity (Wildman–Crippen MR) is 72.6 cm³/mol. The third-order valence-corrected chi connectivity index (χ3v) is 3.07. The average Bonchev–Trinajstić information content (AvgIpc) is 2.36. The van der Waals surface area contributed by atoms with E-state index < -0.39 is 5.91 Å². The molecule has 0 aliphatic carbocycles. The Balaban J connectivity index is 2.26. The van der Waals surface area contributed by atoms with E-state index in [2.05, 4.69) is 9.97 Å². The molecule has 92 valence electrons. The summed E-state index contributed by atoms with van der Waals surface area (Å²) in [6.45, 7) is 0. The molecule has 0 spiro atoms. The second-order valence-electron chi connectivity index (χ2n) is 3.34. The van der Waals surface area contributed by atoms with Crippen molar-refractivity contribution in [3.8, 4) is 11.6 Å². The highest BCUT2D eigenvalue weighted by atomic mass is 127. The topological polar surface area (TPSA) is 98.1 Å². The van der Waals surface area contributed by atoms with Crippen molar-refractivity contribution in [1.29, 1.82) is 0 Å². The Hall–Kier alpha value is -1.90. The number of rotatable bonds is 3. The summed E-state index contributed by atoms with van der Waals surface area (Å²) in [6, 6.07) is 6.24. The van der Waals surface area contributed by atoms with Gasteiger partial charge in [0, 0.05) is 5.56 Å². The second-order valence-corrected chi connectivity index (χ2v) is 4.42. The molecule has 3 N–H and O–H groups in total. The van der Waals surface area contributed by atoms with E-state index >= 15 is 0 Å². The number of carbonyl (C=O) groups is 1. The monoisotopic (exact) mass is 357 g/mol. The molecule has 1 amide bonds. The summed E-state index contributed by atoms with van der Waals surface area (Å²) < 4.78 is 5.79. The van der Waals surface area contributed by atoms with Gasteiger partial charge in [-0.25, -0.2) is 4.98 Å². The zero-order valence-electron chi connectivity index (χ0n) is 9.01. The standard InChI is InChI=1S/C11H8IN3O3/c12-8-10(17)14-5-15-11(8)18-7-3-1-6(2-4-7)9(13)16/h1-5H,(H2,13,16)(H,14,15,17). The fourth-order valence-electron chi connectivity index (χ4n) is 1.24. The van der Waals surface area contributed by atoms with Gasteiger partial charge in [0.15, 0.2) is 0 Å². The Morgan fingerprint density at radius 2 is 2.00 bits per heavy atom. The van der Waals surface area contributed by atoms with Crippen molar-refractivity contribution in [3.05, 3.63) is 50.1 Å². The molecule has 2 rings (SSSR count).